The second kappa shape index (κ2) is 6.85. The maximum atomic E-state index is 11.8. The summed E-state index contributed by atoms with van der Waals surface area (Å²) in [6.45, 7) is 2.05. The molecule has 0 atom stereocenters. The number of pyridine rings is 1. The molecule has 0 fully saturated rings. The molecule has 0 unspecified atom stereocenters. The van der Waals surface area contributed by atoms with Gasteiger partial charge in [-0.15, -0.1) is 0 Å². The molecule has 21 heavy (non-hydrogen) atoms. The van der Waals surface area contributed by atoms with Crippen molar-refractivity contribution in [3.8, 4) is 0 Å². The number of nitrogens with one attached hydrogen (secondary N) is 2. The van der Waals surface area contributed by atoms with Gasteiger partial charge in [-0.2, -0.15) is 0 Å². The lowest BCUT2D eigenvalue weighted by molar-refractivity contribution is -0.136. The van der Waals surface area contributed by atoms with Crippen LogP contribution in [0.5, 0.6) is 0 Å². The normalized spacial score (nSPS) is 10.0. The molecular formula is C15H14ClN3O2. The lowest BCUT2D eigenvalue weighted by Crippen LogP contribution is -2.35. The number of halogens is 1. The van der Waals surface area contributed by atoms with E-state index in [-0.39, 0.29) is 6.54 Å². The van der Waals surface area contributed by atoms with Gasteiger partial charge in [-0.1, -0.05) is 29.8 Å². The Hall–Kier alpha value is -2.40. The molecule has 2 amide bonds. The molecule has 1 aromatic carbocycles. The van der Waals surface area contributed by atoms with Crippen molar-refractivity contribution in [1.29, 1.82) is 0 Å². The Morgan fingerprint density at radius 3 is 2.52 bits per heavy atom. The van der Waals surface area contributed by atoms with Gasteiger partial charge in [0.2, 0.25) is 0 Å². The largest absolute Gasteiger partial charge is 0.344 e. The van der Waals surface area contributed by atoms with Gasteiger partial charge in [-0.25, -0.2) is 4.98 Å². The van der Waals surface area contributed by atoms with Gasteiger partial charge in [0.05, 0.1) is 0 Å². The second-order valence-corrected chi connectivity index (χ2v) is 4.87. The van der Waals surface area contributed by atoms with Crippen molar-refractivity contribution in [3.63, 3.8) is 0 Å². The first-order valence-corrected chi connectivity index (χ1v) is 6.69. The topological polar surface area (TPSA) is 71.1 Å². The zero-order chi connectivity index (χ0) is 15.2. The minimum atomic E-state index is -0.745. The van der Waals surface area contributed by atoms with Crippen molar-refractivity contribution in [2.75, 3.05) is 5.32 Å². The van der Waals surface area contributed by atoms with E-state index in [9.17, 15) is 9.59 Å². The van der Waals surface area contributed by atoms with Gasteiger partial charge in [0.1, 0.15) is 5.82 Å². The highest BCUT2D eigenvalue weighted by molar-refractivity contribution is 6.39. The summed E-state index contributed by atoms with van der Waals surface area (Å²) in [5, 5.41) is 5.63. The molecule has 2 rings (SSSR count). The monoisotopic (exact) mass is 303 g/mol. The quantitative estimate of drug-likeness (QED) is 0.855. The van der Waals surface area contributed by atoms with Gasteiger partial charge in [0, 0.05) is 17.8 Å². The van der Waals surface area contributed by atoms with Gasteiger partial charge in [0.25, 0.3) is 0 Å². The number of benzene rings is 1. The Bertz CT molecular complexity index is 656. The highest BCUT2D eigenvalue weighted by atomic mass is 35.5. The lowest BCUT2D eigenvalue weighted by atomic mass is 10.2. The number of nitrogens with zero attached hydrogens (tertiary/aromatic N) is 1. The zero-order valence-electron chi connectivity index (χ0n) is 11.4. The zero-order valence-corrected chi connectivity index (χ0v) is 12.1. The standard InChI is InChI=1S/C15H14ClN3O2/c1-10-3-2-8-17-13(10)19-15(21)14(20)18-9-11-4-6-12(16)7-5-11/h2-8H,9H2,1H3,(H,18,20)(H,17,19,21). The lowest BCUT2D eigenvalue weighted by Gasteiger charge is -2.07. The molecule has 0 saturated carbocycles. The van der Waals surface area contributed by atoms with Crippen LogP contribution >= 0.6 is 11.6 Å². The maximum absolute atomic E-state index is 11.8. The highest BCUT2D eigenvalue weighted by Crippen LogP contribution is 2.10. The summed E-state index contributed by atoms with van der Waals surface area (Å²) >= 11 is 5.77. The van der Waals surface area contributed by atoms with Crippen LogP contribution in [0.25, 0.3) is 0 Å². The van der Waals surface area contributed by atoms with E-state index in [1.807, 2.05) is 0 Å². The van der Waals surface area contributed by atoms with E-state index in [4.69, 9.17) is 11.6 Å². The summed E-state index contributed by atoms with van der Waals surface area (Å²) in [4.78, 5) is 27.5. The molecule has 1 aromatic heterocycles. The van der Waals surface area contributed by atoms with Crippen LogP contribution in [-0.2, 0) is 16.1 Å². The van der Waals surface area contributed by atoms with Crippen molar-refractivity contribution in [1.82, 2.24) is 10.3 Å². The van der Waals surface area contributed by atoms with Crippen LogP contribution in [-0.4, -0.2) is 16.8 Å². The molecular weight excluding hydrogens is 290 g/mol. The summed E-state index contributed by atoms with van der Waals surface area (Å²) in [5.74, 6) is -1.08. The van der Waals surface area contributed by atoms with E-state index in [1.165, 1.54) is 0 Å². The van der Waals surface area contributed by atoms with Crippen molar-refractivity contribution in [2.45, 2.75) is 13.5 Å². The van der Waals surface area contributed by atoms with Crippen LogP contribution < -0.4 is 10.6 Å². The third-order valence-electron chi connectivity index (χ3n) is 2.81. The van der Waals surface area contributed by atoms with E-state index in [1.54, 1.807) is 49.5 Å². The Balaban J connectivity index is 1.90. The van der Waals surface area contributed by atoms with Gasteiger partial charge >= 0.3 is 11.8 Å². The number of hydrogen-bond donors (Lipinski definition) is 2. The number of carbonyl (C=O) groups is 2. The average molecular weight is 304 g/mol. The Morgan fingerprint density at radius 2 is 1.86 bits per heavy atom. The Morgan fingerprint density at radius 1 is 1.14 bits per heavy atom. The SMILES string of the molecule is Cc1cccnc1NC(=O)C(=O)NCc1ccc(Cl)cc1. The number of aryl methyl sites for hydroxylation is 1. The first kappa shape index (κ1) is 15.0. The van der Waals surface area contributed by atoms with E-state index in [0.29, 0.717) is 10.8 Å². The second-order valence-electron chi connectivity index (χ2n) is 4.43. The van der Waals surface area contributed by atoms with E-state index < -0.39 is 11.8 Å². The smallest absolute Gasteiger partial charge is 0.314 e. The van der Waals surface area contributed by atoms with E-state index >= 15 is 0 Å². The predicted molar refractivity (Wildman–Crippen MR) is 80.9 cm³/mol. The third kappa shape index (κ3) is 4.29. The highest BCUT2D eigenvalue weighted by Gasteiger charge is 2.14. The molecule has 5 nitrogen and oxygen atoms in total. The number of hydrogen-bond acceptors (Lipinski definition) is 3. The Labute approximate surface area is 127 Å². The van der Waals surface area contributed by atoms with Gasteiger partial charge in [-0.3, -0.25) is 9.59 Å². The minimum Gasteiger partial charge on any atom is -0.344 e. The summed E-state index contributed by atoms with van der Waals surface area (Å²) in [5.41, 5.74) is 1.64. The Kier molecular flexibility index (Phi) is 4.90. The summed E-state index contributed by atoms with van der Waals surface area (Å²) in [6.07, 6.45) is 1.55. The molecule has 0 bridgehead atoms. The number of anilines is 1. The van der Waals surface area contributed by atoms with Crippen LogP contribution in [0.2, 0.25) is 5.02 Å². The van der Waals surface area contributed by atoms with Crippen LogP contribution in [0.15, 0.2) is 42.6 Å². The molecule has 0 radical (unpaired) electrons. The van der Waals surface area contributed by atoms with Crippen molar-refractivity contribution >= 4 is 29.2 Å². The number of rotatable bonds is 3. The molecule has 0 aliphatic carbocycles. The van der Waals surface area contributed by atoms with Gasteiger partial charge in [0.15, 0.2) is 0 Å². The van der Waals surface area contributed by atoms with Gasteiger partial charge in [-0.05, 0) is 36.2 Å². The molecule has 0 aliphatic rings. The first-order valence-electron chi connectivity index (χ1n) is 6.31. The number of amides is 2. The molecule has 2 aromatic rings. The molecule has 0 saturated heterocycles. The van der Waals surface area contributed by atoms with Crippen molar-refractivity contribution < 1.29 is 9.59 Å². The van der Waals surface area contributed by atoms with Gasteiger partial charge < -0.3 is 10.6 Å². The summed E-state index contributed by atoms with van der Waals surface area (Å²) in [6, 6.07) is 10.6. The van der Waals surface area contributed by atoms with Crippen molar-refractivity contribution in [3.05, 3.63) is 58.7 Å². The molecule has 0 spiro atoms. The number of aromatic nitrogens is 1. The molecule has 2 N–H and O–H groups in total. The summed E-state index contributed by atoms with van der Waals surface area (Å²) in [7, 11) is 0. The van der Waals surface area contributed by atoms with Crippen LogP contribution in [0.4, 0.5) is 5.82 Å². The molecule has 108 valence electrons. The molecule has 0 aliphatic heterocycles. The fourth-order valence-electron chi connectivity index (χ4n) is 1.65. The minimum absolute atomic E-state index is 0.255. The molecule has 1 heterocycles. The van der Waals surface area contributed by atoms with Crippen LogP contribution in [0.1, 0.15) is 11.1 Å². The average Bonchev–Trinajstić information content (AvgIpc) is 2.48. The fraction of sp³-hybridized carbons (Fsp3) is 0.133. The molecule has 6 heteroatoms. The first-order chi connectivity index (χ1) is 10.1. The summed E-state index contributed by atoms with van der Waals surface area (Å²) < 4.78 is 0. The van der Waals surface area contributed by atoms with Crippen molar-refractivity contribution in [2.24, 2.45) is 0 Å². The van der Waals surface area contributed by atoms with E-state index in [0.717, 1.165) is 11.1 Å². The van der Waals surface area contributed by atoms with E-state index in [2.05, 4.69) is 15.6 Å². The maximum Gasteiger partial charge on any atom is 0.314 e. The predicted octanol–water partition coefficient (Wildman–Crippen LogP) is 2.30. The number of carbonyl (C=O) groups excluding carboxylic acids is 2. The fourth-order valence-corrected chi connectivity index (χ4v) is 1.77. The van der Waals surface area contributed by atoms with Crippen LogP contribution in [0.3, 0.4) is 0 Å². The van der Waals surface area contributed by atoms with Crippen LogP contribution in [0, 0.1) is 6.92 Å². The third-order valence-corrected chi connectivity index (χ3v) is 3.07.